The van der Waals surface area contributed by atoms with E-state index in [2.05, 4.69) is 17.0 Å². The van der Waals surface area contributed by atoms with Gasteiger partial charge in [-0.05, 0) is 54.8 Å². The summed E-state index contributed by atoms with van der Waals surface area (Å²) in [5, 5.41) is 2.78. The van der Waals surface area contributed by atoms with Crippen molar-refractivity contribution in [2.75, 3.05) is 42.5 Å². The highest BCUT2D eigenvalue weighted by Crippen LogP contribution is 2.32. The van der Waals surface area contributed by atoms with Crippen molar-refractivity contribution in [3.05, 3.63) is 52.5 Å². The van der Waals surface area contributed by atoms with Crippen LogP contribution in [0.4, 0.5) is 11.4 Å². The second kappa shape index (κ2) is 9.06. The molecular formula is C23H26ClN3O3. The summed E-state index contributed by atoms with van der Waals surface area (Å²) in [5.74, 6) is 0.796. The van der Waals surface area contributed by atoms with Crippen molar-refractivity contribution in [3.63, 3.8) is 0 Å². The fourth-order valence-corrected chi connectivity index (χ4v) is 4.15. The summed E-state index contributed by atoms with van der Waals surface area (Å²) in [6.07, 6.45) is 2.13. The van der Waals surface area contributed by atoms with Crippen molar-refractivity contribution in [2.45, 2.75) is 26.2 Å². The van der Waals surface area contributed by atoms with Gasteiger partial charge >= 0.3 is 0 Å². The molecule has 2 aromatic carbocycles. The van der Waals surface area contributed by atoms with Crippen molar-refractivity contribution in [1.29, 1.82) is 0 Å². The third kappa shape index (κ3) is 4.45. The van der Waals surface area contributed by atoms with E-state index in [1.165, 1.54) is 0 Å². The number of carbonyl (C=O) groups excluding carboxylic acids is 2. The van der Waals surface area contributed by atoms with Crippen LogP contribution in [-0.2, 0) is 16.0 Å². The Bertz CT molecular complexity index is 941. The number of rotatable bonds is 6. The highest BCUT2D eigenvalue weighted by Gasteiger charge is 2.25. The van der Waals surface area contributed by atoms with Crippen LogP contribution in [0.15, 0.2) is 36.4 Å². The summed E-state index contributed by atoms with van der Waals surface area (Å²) in [5.41, 5.74) is 4.27. The Hall–Kier alpha value is -2.57. The zero-order valence-corrected chi connectivity index (χ0v) is 17.9. The lowest BCUT2D eigenvalue weighted by atomic mass is 10.1. The van der Waals surface area contributed by atoms with E-state index in [1.54, 1.807) is 4.90 Å². The van der Waals surface area contributed by atoms with Gasteiger partial charge in [0.15, 0.2) is 0 Å². The van der Waals surface area contributed by atoms with Crippen molar-refractivity contribution >= 4 is 35.2 Å². The molecule has 6 nitrogen and oxygen atoms in total. The molecule has 2 heterocycles. The molecule has 7 heteroatoms. The first-order valence-electron chi connectivity index (χ1n) is 10.4. The normalized spacial score (nSPS) is 16.5. The number of hydrogen-bond acceptors (Lipinski definition) is 5. The summed E-state index contributed by atoms with van der Waals surface area (Å²) in [4.78, 5) is 33.0. The van der Waals surface area contributed by atoms with Gasteiger partial charge in [0, 0.05) is 48.9 Å². The summed E-state index contributed by atoms with van der Waals surface area (Å²) in [6, 6.07) is 12.1. The molecule has 2 aliphatic rings. The Morgan fingerprint density at radius 1 is 1.10 bits per heavy atom. The number of nitrogens with zero attached hydrogens (tertiary/aromatic N) is 3. The Morgan fingerprint density at radius 2 is 1.90 bits per heavy atom. The van der Waals surface area contributed by atoms with Gasteiger partial charge < -0.3 is 19.4 Å². The third-order valence-corrected chi connectivity index (χ3v) is 6.12. The number of anilines is 2. The molecule has 0 aliphatic carbocycles. The maximum Gasteiger partial charge on any atom is 0.227 e. The lowest BCUT2D eigenvalue weighted by Gasteiger charge is -2.35. The largest absolute Gasteiger partial charge is 0.406 e. The average molecular weight is 428 g/mol. The molecule has 0 N–H and O–H groups in total. The van der Waals surface area contributed by atoms with Gasteiger partial charge in [-0.25, -0.2) is 0 Å². The van der Waals surface area contributed by atoms with Gasteiger partial charge in [0.1, 0.15) is 12.0 Å². The predicted molar refractivity (Wildman–Crippen MR) is 118 cm³/mol. The van der Waals surface area contributed by atoms with E-state index in [0.29, 0.717) is 6.54 Å². The summed E-state index contributed by atoms with van der Waals surface area (Å²) >= 11 is 6.27. The van der Waals surface area contributed by atoms with Crippen molar-refractivity contribution in [1.82, 2.24) is 5.06 Å². The van der Waals surface area contributed by atoms with Crippen LogP contribution in [0.25, 0.3) is 0 Å². The number of hydroxylamine groups is 2. The Morgan fingerprint density at radius 3 is 2.63 bits per heavy atom. The molecule has 0 aromatic heterocycles. The van der Waals surface area contributed by atoms with Gasteiger partial charge in [0.05, 0.1) is 13.1 Å². The van der Waals surface area contributed by atoms with Gasteiger partial charge in [0.25, 0.3) is 0 Å². The highest BCUT2D eigenvalue weighted by atomic mass is 35.5. The van der Waals surface area contributed by atoms with E-state index in [-0.39, 0.29) is 18.7 Å². The lowest BCUT2D eigenvalue weighted by molar-refractivity contribution is -0.120. The highest BCUT2D eigenvalue weighted by molar-refractivity contribution is 6.31. The molecule has 1 saturated heterocycles. The predicted octanol–water partition coefficient (Wildman–Crippen LogP) is 3.63. The molecule has 2 aromatic rings. The maximum absolute atomic E-state index is 12.3. The molecule has 30 heavy (non-hydrogen) atoms. The van der Waals surface area contributed by atoms with Crippen LogP contribution in [0, 0.1) is 6.92 Å². The van der Waals surface area contributed by atoms with Gasteiger partial charge in [-0.15, -0.1) is 5.06 Å². The third-order valence-electron chi connectivity index (χ3n) is 5.72. The minimum atomic E-state index is 0.00171. The van der Waals surface area contributed by atoms with Gasteiger partial charge in [-0.1, -0.05) is 17.7 Å². The molecule has 1 fully saturated rings. The van der Waals surface area contributed by atoms with E-state index in [9.17, 15) is 9.59 Å². The van der Waals surface area contributed by atoms with Crippen LogP contribution >= 0.6 is 11.6 Å². The fraction of sp³-hybridized carbons (Fsp3) is 0.391. The number of carbonyl (C=O) groups is 2. The number of halogens is 1. The minimum absolute atomic E-state index is 0.00171. The molecule has 0 bridgehead atoms. The molecule has 1 amide bonds. The van der Waals surface area contributed by atoms with E-state index < -0.39 is 0 Å². The van der Waals surface area contributed by atoms with E-state index in [1.807, 2.05) is 36.3 Å². The Kier molecular flexibility index (Phi) is 6.25. The van der Waals surface area contributed by atoms with Crippen LogP contribution < -0.4 is 14.6 Å². The van der Waals surface area contributed by atoms with Gasteiger partial charge in [-0.3, -0.25) is 4.79 Å². The molecule has 0 radical (unpaired) electrons. The first-order chi connectivity index (χ1) is 14.5. The molecule has 4 rings (SSSR count). The summed E-state index contributed by atoms with van der Waals surface area (Å²) in [7, 11) is 0. The molecule has 0 spiro atoms. The van der Waals surface area contributed by atoms with Crippen LogP contribution in [0.3, 0.4) is 0 Å². The molecule has 0 saturated carbocycles. The van der Waals surface area contributed by atoms with Crippen LogP contribution in [0.5, 0.6) is 5.75 Å². The number of benzene rings is 2. The zero-order valence-electron chi connectivity index (χ0n) is 17.1. The summed E-state index contributed by atoms with van der Waals surface area (Å²) in [6.45, 7) is 5.98. The monoisotopic (exact) mass is 427 g/mol. The van der Waals surface area contributed by atoms with E-state index in [4.69, 9.17) is 16.4 Å². The number of amides is 1. The van der Waals surface area contributed by atoms with Crippen LogP contribution in [-0.4, -0.2) is 50.0 Å². The molecule has 2 aliphatic heterocycles. The second-order valence-electron chi connectivity index (χ2n) is 7.73. The summed E-state index contributed by atoms with van der Waals surface area (Å²) < 4.78 is 0. The fourth-order valence-electron chi connectivity index (χ4n) is 3.98. The van der Waals surface area contributed by atoms with E-state index >= 15 is 0 Å². The Labute approximate surface area is 181 Å². The Balaban J connectivity index is 1.34. The van der Waals surface area contributed by atoms with Gasteiger partial charge in [0.2, 0.25) is 5.91 Å². The molecule has 0 unspecified atom stereocenters. The quantitative estimate of drug-likeness (QED) is 0.659. The molecular weight excluding hydrogens is 402 g/mol. The lowest BCUT2D eigenvalue weighted by Crippen LogP contribution is -2.47. The first-order valence-corrected chi connectivity index (χ1v) is 10.7. The maximum atomic E-state index is 12.3. The van der Waals surface area contributed by atoms with Crippen LogP contribution in [0.2, 0.25) is 5.02 Å². The zero-order chi connectivity index (χ0) is 21.1. The standard InChI is InChI=1S/C23H26ClN3O3/c1-17-4-5-19(16-21(17)24)25-10-12-26(13-11-25)30-20-6-7-22-18(15-20)8-9-27(22)23(29)3-2-14-28/h4-7,14-16H,2-3,8-13H2,1H3. The van der Waals surface area contributed by atoms with Crippen molar-refractivity contribution in [2.24, 2.45) is 0 Å². The molecule has 158 valence electrons. The number of hydrogen-bond donors (Lipinski definition) is 0. The van der Waals surface area contributed by atoms with E-state index in [0.717, 1.165) is 72.2 Å². The number of aldehydes is 1. The molecule has 0 atom stereocenters. The van der Waals surface area contributed by atoms with Gasteiger partial charge in [-0.2, -0.15) is 0 Å². The van der Waals surface area contributed by atoms with Crippen LogP contribution in [0.1, 0.15) is 24.0 Å². The number of piperazine rings is 1. The smallest absolute Gasteiger partial charge is 0.227 e. The van der Waals surface area contributed by atoms with Crippen molar-refractivity contribution in [3.8, 4) is 5.75 Å². The van der Waals surface area contributed by atoms with Crippen molar-refractivity contribution < 1.29 is 14.4 Å². The first kappa shape index (κ1) is 20.7. The second-order valence-corrected chi connectivity index (χ2v) is 8.14. The number of fused-ring (bicyclic) bond motifs is 1. The average Bonchev–Trinajstić information content (AvgIpc) is 3.18. The minimum Gasteiger partial charge on any atom is -0.406 e. The number of aryl methyl sites for hydroxylation is 1. The topological polar surface area (TPSA) is 53.1 Å². The SMILES string of the molecule is Cc1ccc(N2CCN(Oc3ccc4c(c3)CCN4C(=O)CCC=O)CC2)cc1Cl.